The molecular formula is C13H16FN3O4. The number of amides is 3. The van der Waals surface area contributed by atoms with Crippen LogP contribution in [0, 0.1) is 5.82 Å². The van der Waals surface area contributed by atoms with Gasteiger partial charge in [0.25, 0.3) is 0 Å². The van der Waals surface area contributed by atoms with Gasteiger partial charge in [-0.25, -0.2) is 14.0 Å². The standard InChI is InChI=1S/C13H16FN3O4/c1-7(8-4-2-3-5-9(8)14)16-13(21)17-10(12(19)20)6-11(15)18/h2-5,7,10H,6H2,1H3,(H2,15,18)(H,19,20)(H2,16,17,21). The first-order valence-corrected chi connectivity index (χ1v) is 6.13. The number of nitrogens with one attached hydrogen (secondary N) is 2. The first-order chi connectivity index (χ1) is 9.81. The van der Waals surface area contributed by atoms with Gasteiger partial charge in [0.15, 0.2) is 0 Å². The quantitative estimate of drug-likeness (QED) is 0.611. The van der Waals surface area contributed by atoms with Crippen molar-refractivity contribution in [2.75, 3.05) is 0 Å². The topological polar surface area (TPSA) is 122 Å². The molecule has 0 saturated carbocycles. The second kappa shape index (κ2) is 7.22. The second-order valence-corrected chi connectivity index (χ2v) is 4.42. The number of primary amides is 1. The number of hydrogen-bond donors (Lipinski definition) is 4. The van der Waals surface area contributed by atoms with Gasteiger partial charge in [0.05, 0.1) is 12.5 Å². The van der Waals surface area contributed by atoms with Crippen LogP contribution >= 0.6 is 0 Å². The van der Waals surface area contributed by atoms with Crippen molar-refractivity contribution in [2.24, 2.45) is 5.73 Å². The summed E-state index contributed by atoms with van der Waals surface area (Å²) in [5, 5.41) is 13.3. The van der Waals surface area contributed by atoms with E-state index >= 15 is 0 Å². The van der Waals surface area contributed by atoms with Gasteiger partial charge < -0.3 is 21.5 Å². The molecule has 0 fully saturated rings. The van der Waals surface area contributed by atoms with E-state index in [4.69, 9.17) is 10.8 Å². The molecule has 1 rings (SSSR count). The summed E-state index contributed by atoms with van der Waals surface area (Å²) in [5.74, 6) is -2.73. The third-order valence-corrected chi connectivity index (χ3v) is 2.73. The van der Waals surface area contributed by atoms with Crippen molar-refractivity contribution < 1.29 is 23.9 Å². The van der Waals surface area contributed by atoms with Crippen LogP contribution in [0.15, 0.2) is 24.3 Å². The van der Waals surface area contributed by atoms with Gasteiger partial charge in [0.2, 0.25) is 5.91 Å². The number of halogens is 1. The van der Waals surface area contributed by atoms with Crippen LogP contribution < -0.4 is 16.4 Å². The molecule has 0 radical (unpaired) electrons. The van der Waals surface area contributed by atoms with Crippen LogP contribution in [0.2, 0.25) is 0 Å². The van der Waals surface area contributed by atoms with Crippen molar-refractivity contribution in [1.29, 1.82) is 0 Å². The molecule has 0 aliphatic rings. The van der Waals surface area contributed by atoms with Gasteiger partial charge in [-0.2, -0.15) is 0 Å². The zero-order valence-electron chi connectivity index (χ0n) is 11.3. The van der Waals surface area contributed by atoms with Gasteiger partial charge in [0, 0.05) is 5.56 Å². The molecule has 1 aromatic rings. The van der Waals surface area contributed by atoms with Crippen molar-refractivity contribution in [2.45, 2.75) is 25.4 Å². The van der Waals surface area contributed by atoms with E-state index in [1.807, 2.05) is 0 Å². The molecule has 8 heteroatoms. The Morgan fingerprint density at radius 2 is 1.90 bits per heavy atom. The van der Waals surface area contributed by atoms with Gasteiger partial charge in [-0.05, 0) is 13.0 Å². The molecule has 0 bridgehead atoms. The average Bonchev–Trinajstić information content (AvgIpc) is 2.37. The molecule has 2 atom stereocenters. The van der Waals surface area contributed by atoms with Crippen LogP contribution in [0.1, 0.15) is 24.9 Å². The maximum Gasteiger partial charge on any atom is 0.326 e. The van der Waals surface area contributed by atoms with E-state index < -0.39 is 42.2 Å². The summed E-state index contributed by atoms with van der Waals surface area (Å²) in [5.41, 5.74) is 5.15. The van der Waals surface area contributed by atoms with Crippen LogP contribution in [0.4, 0.5) is 9.18 Å². The molecule has 0 aliphatic heterocycles. The lowest BCUT2D eigenvalue weighted by atomic mass is 10.1. The Balaban J connectivity index is 2.66. The molecule has 7 nitrogen and oxygen atoms in total. The van der Waals surface area contributed by atoms with Gasteiger partial charge in [0.1, 0.15) is 11.9 Å². The second-order valence-electron chi connectivity index (χ2n) is 4.42. The predicted molar refractivity (Wildman–Crippen MR) is 71.7 cm³/mol. The lowest BCUT2D eigenvalue weighted by Gasteiger charge is -2.18. The number of urea groups is 1. The van der Waals surface area contributed by atoms with Gasteiger partial charge in [-0.3, -0.25) is 4.79 Å². The number of nitrogens with two attached hydrogens (primary N) is 1. The highest BCUT2D eigenvalue weighted by Gasteiger charge is 2.23. The summed E-state index contributed by atoms with van der Waals surface area (Å²) in [4.78, 5) is 33.3. The fraction of sp³-hybridized carbons (Fsp3) is 0.308. The Kier molecular flexibility index (Phi) is 5.65. The maximum atomic E-state index is 13.5. The molecule has 114 valence electrons. The summed E-state index contributed by atoms with van der Waals surface area (Å²) >= 11 is 0. The third-order valence-electron chi connectivity index (χ3n) is 2.73. The van der Waals surface area contributed by atoms with Crippen molar-refractivity contribution in [3.05, 3.63) is 35.6 Å². The maximum absolute atomic E-state index is 13.5. The van der Waals surface area contributed by atoms with E-state index in [0.29, 0.717) is 0 Å². The normalized spacial score (nSPS) is 13.0. The fourth-order valence-electron chi connectivity index (χ4n) is 1.70. The zero-order valence-corrected chi connectivity index (χ0v) is 11.3. The summed E-state index contributed by atoms with van der Waals surface area (Å²) in [6.07, 6.45) is -0.531. The lowest BCUT2D eigenvalue weighted by molar-refractivity contribution is -0.140. The molecule has 21 heavy (non-hydrogen) atoms. The number of aliphatic carboxylic acids is 1. The minimum absolute atomic E-state index is 0.259. The number of carbonyl (C=O) groups excluding carboxylic acids is 2. The smallest absolute Gasteiger partial charge is 0.326 e. The van der Waals surface area contributed by atoms with Crippen molar-refractivity contribution >= 4 is 17.9 Å². The molecule has 0 saturated heterocycles. The van der Waals surface area contributed by atoms with Crippen LogP contribution in [0.5, 0.6) is 0 Å². The van der Waals surface area contributed by atoms with Crippen LogP contribution in [0.25, 0.3) is 0 Å². The molecular weight excluding hydrogens is 281 g/mol. The summed E-state index contributed by atoms with van der Waals surface area (Å²) in [6, 6.07) is 2.93. The summed E-state index contributed by atoms with van der Waals surface area (Å²) in [6.45, 7) is 1.54. The molecule has 0 aromatic heterocycles. The number of carboxylic acid groups (broad SMARTS) is 1. The zero-order chi connectivity index (χ0) is 16.0. The number of hydrogen-bond acceptors (Lipinski definition) is 3. The first kappa shape index (κ1) is 16.4. The monoisotopic (exact) mass is 297 g/mol. The fourth-order valence-corrected chi connectivity index (χ4v) is 1.70. The highest BCUT2D eigenvalue weighted by molar-refractivity contribution is 5.87. The molecule has 0 spiro atoms. The average molecular weight is 297 g/mol. The van der Waals surface area contributed by atoms with Crippen molar-refractivity contribution in [3.8, 4) is 0 Å². The Morgan fingerprint density at radius 3 is 2.43 bits per heavy atom. The number of benzene rings is 1. The van der Waals surface area contributed by atoms with E-state index in [2.05, 4.69) is 10.6 Å². The van der Waals surface area contributed by atoms with Crippen molar-refractivity contribution in [3.63, 3.8) is 0 Å². The Labute approximate surface area is 120 Å². The molecule has 2 unspecified atom stereocenters. The van der Waals surface area contributed by atoms with Crippen molar-refractivity contribution in [1.82, 2.24) is 10.6 Å². The van der Waals surface area contributed by atoms with Crippen LogP contribution in [-0.4, -0.2) is 29.1 Å². The van der Waals surface area contributed by atoms with Crippen LogP contribution in [-0.2, 0) is 9.59 Å². The van der Waals surface area contributed by atoms with Crippen LogP contribution in [0.3, 0.4) is 0 Å². The molecule has 3 amide bonds. The molecule has 5 N–H and O–H groups in total. The lowest BCUT2D eigenvalue weighted by Crippen LogP contribution is -2.48. The minimum atomic E-state index is -1.43. The minimum Gasteiger partial charge on any atom is -0.480 e. The van der Waals surface area contributed by atoms with E-state index in [1.54, 1.807) is 13.0 Å². The number of carbonyl (C=O) groups is 3. The molecule has 0 aliphatic carbocycles. The molecule has 1 aromatic carbocycles. The Morgan fingerprint density at radius 1 is 1.29 bits per heavy atom. The Bertz CT molecular complexity index is 550. The van der Waals surface area contributed by atoms with Gasteiger partial charge >= 0.3 is 12.0 Å². The van der Waals surface area contributed by atoms with E-state index in [1.165, 1.54) is 18.2 Å². The molecule has 0 heterocycles. The Hall–Kier alpha value is -2.64. The predicted octanol–water partition coefficient (Wildman–Crippen LogP) is 0.515. The SMILES string of the molecule is CC(NC(=O)NC(CC(N)=O)C(=O)O)c1ccccc1F. The highest BCUT2D eigenvalue weighted by Crippen LogP contribution is 2.15. The summed E-state index contributed by atoms with van der Waals surface area (Å²) in [7, 11) is 0. The van der Waals surface area contributed by atoms with E-state index in [0.717, 1.165) is 0 Å². The number of rotatable bonds is 6. The first-order valence-electron chi connectivity index (χ1n) is 6.13. The van der Waals surface area contributed by atoms with Gasteiger partial charge in [-0.1, -0.05) is 18.2 Å². The number of carboxylic acids is 1. The van der Waals surface area contributed by atoms with Gasteiger partial charge in [-0.15, -0.1) is 0 Å². The highest BCUT2D eigenvalue weighted by atomic mass is 19.1. The largest absolute Gasteiger partial charge is 0.480 e. The van der Waals surface area contributed by atoms with E-state index in [9.17, 15) is 18.8 Å². The third kappa shape index (κ3) is 5.09. The summed E-state index contributed by atoms with van der Waals surface area (Å²) < 4.78 is 13.5. The van der Waals surface area contributed by atoms with E-state index in [-0.39, 0.29) is 5.56 Å².